The topological polar surface area (TPSA) is 12.5 Å². The zero-order valence-electron chi connectivity index (χ0n) is 9.38. The first-order valence-corrected chi connectivity index (χ1v) is 5.66. The van der Waals surface area contributed by atoms with E-state index in [2.05, 4.69) is 25.3 Å². The lowest BCUT2D eigenvalue weighted by atomic mass is 9.94. The van der Waals surface area contributed by atoms with Gasteiger partial charge in [0.05, 0.1) is 12.7 Å². The fraction of sp³-hybridized carbons (Fsp3) is 0.833. The molecular weight excluding hydrogens is 174 g/mol. The highest BCUT2D eigenvalue weighted by molar-refractivity contribution is 5.17. The molecule has 0 aliphatic carbocycles. The van der Waals surface area contributed by atoms with Crippen LogP contribution in [0.25, 0.3) is 0 Å². The summed E-state index contributed by atoms with van der Waals surface area (Å²) in [7, 11) is 0. The molecule has 0 unspecified atom stereocenters. The zero-order valence-corrected chi connectivity index (χ0v) is 9.38. The molecule has 0 aromatic carbocycles. The van der Waals surface area contributed by atoms with E-state index in [1.54, 1.807) is 0 Å². The second-order valence-corrected chi connectivity index (χ2v) is 5.04. The van der Waals surface area contributed by atoms with Crippen LogP contribution in [0.5, 0.6) is 0 Å². The van der Waals surface area contributed by atoms with Crippen LogP contribution in [0.1, 0.15) is 33.1 Å². The van der Waals surface area contributed by atoms with E-state index in [-0.39, 0.29) is 0 Å². The highest BCUT2D eigenvalue weighted by Crippen LogP contribution is 2.40. The van der Waals surface area contributed by atoms with Gasteiger partial charge in [0.2, 0.25) is 0 Å². The van der Waals surface area contributed by atoms with Gasteiger partial charge in [-0.15, -0.1) is 0 Å². The Hall–Kier alpha value is -0.340. The molecule has 2 aliphatic rings. The van der Waals surface area contributed by atoms with E-state index in [9.17, 15) is 0 Å². The minimum Gasteiger partial charge on any atom is -0.377 e. The molecule has 14 heavy (non-hydrogen) atoms. The van der Waals surface area contributed by atoms with Gasteiger partial charge in [-0.2, -0.15) is 0 Å². The predicted molar refractivity (Wildman–Crippen MR) is 58.4 cm³/mol. The Bertz CT molecular complexity index is 236. The first-order chi connectivity index (χ1) is 6.62. The largest absolute Gasteiger partial charge is 0.377 e. The van der Waals surface area contributed by atoms with Crippen LogP contribution in [0, 0.1) is 0 Å². The highest BCUT2D eigenvalue weighted by Gasteiger charge is 2.45. The molecule has 0 aromatic rings. The summed E-state index contributed by atoms with van der Waals surface area (Å²) >= 11 is 0. The van der Waals surface area contributed by atoms with Crippen molar-refractivity contribution >= 4 is 0 Å². The molecule has 0 saturated carbocycles. The molecule has 2 heterocycles. The number of nitrogens with zero attached hydrogens (tertiary/aromatic N) is 1. The summed E-state index contributed by atoms with van der Waals surface area (Å²) in [6.07, 6.45) is 4.12. The summed E-state index contributed by atoms with van der Waals surface area (Å²) in [5.74, 6) is 0. The van der Waals surface area contributed by atoms with Crippen molar-refractivity contribution in [1.82, 2.24) is 4.90 Å². The van der Waals surface area contributed by atoms with E-state index in [0.29, 0.717) is 11.6 Å². The number of ether oxygens (including phenoxy) is 1. The third kappa shape index (κ3) is 1.73. The van der Waals surface area contributed by atoms with Crippen LogP contribution in [-0.4, -0.2) is 36.2 Å². The first kappa shape index (κ1) is 10.2. The van der Waals surface area contributed by atoms with E-state index in [1.807, 2.05) is 0 Å². The van der Waals surface area contributed by atoms with Gasteiger partial charge in [-0.3, -0.25) is 4.90 Å². The second kappa shape index (κ2) is 3.67. The average molecular weight is 195 g/mol. The molecule has 2 saturated heterocycles. The third-order valence-electron chi connectivity index (χ3n) is 3.42. The Morgan fingerprint density at radius 3 is 3.07 bits per heavy atom. The molecule has 2 aliphatic heterocycles. The number of hydrogen-bond acceptors (Lipinski definition) is 2. The van der Waals surface area contributed by atoms with Crippen molar-refractivity contribution in [3.8, 4) is 0 Å². The van der Waals surface area contributed by atoms with Crippen LogP contribution in [0.2, 0.25) is 0 Å². The highest BCUT2D eigenvalue weighted by atomic mass is 16.5. The van der Waals surface area contributed by atoms with Gasteiger partial charge in [0.25, 0.3) is 0 Å². The maximum absolute atomic E-state index is 5.80. The molecule has 0 radical (unpaired) electrons. The summed E-state index contributed by atoms with van der Waals surface area (Å²) in [6.45, 7) is 11.6. The van der Waals surface area contributed by atoms with Crippen molar-refractivity contribution in [2.24, 2.45) is 0 Å². The van der Waals surface area contributed by atoms with Crippen LogP contribution in [0.3, 0.4) is 0 Å². The van der Waals surface area contributed by atoms with Crippen molar-refractivity contribution in [1.29, 1.82) is 0 Å². The van der Waals surface area contributed by atoms with Crippen molar-refractivity contribution in [2.75, 3.05) is 19.7 Å². The van der Waals surface area contributed by atoms with Crippen molar-refractivity contribution in [3.05, 3.63) is 12.2 Å². The number of rotatable bonds is 3. The van der Waals surface area contributed by atoms with Crippen molar-refractivity contribution in [2.45, 2.75) is 44.8 Å². The van der Waals surface area contributed by atoms with E-state index in [1.165, 1.54) is 25.0 Å². The maximum atomic E-state index is 5.80. The van der Waals surface area contributed by atoms with Crippen molar-refractivity contribution in [3.63, 3.8) is 0 Å². The van der Waals surface area contributed by atoms with E-state index >= 15 is 0 Å². The molecule has 2 fully saturated rings. The van der Waals surface area contributed by atoms with E-state index in [0.717, 1.165) is 19.6 Å². The zero-order chi connectivity index (χ0) is 10.2. The molecule has 2 rings (SSSR count). The molecule has 0 N–H and O–H groups in total. The van der Waals surface area contributed by atoms with Gasteiger partial charge < -0.3 is 4.74 Å². The average Bonchev–Trinajstić information content (AvgIpc) is 2.56. The SMILES string of the molecule is C=C1CN2CCC[C@]2(COC(C)C)C1. The smallest absolute Gasteiger partial charge is 0.0657 e. The summed E-state index contributed by atoms with van der Waals surface area (Å²) in [4.78, 5) is 2.57. The lowest BCUT2D eigenvalue weighted by Crippen LogP contribution is -2.43. The molecular formula is C12H21NO. The van der Waals surface area contributed by atoms with Gasteiger partial charge in [0.1, 0.15) is 0 Å². The van der Waals surface area contributed by atoms with Crippen LogP contribution in [0.4, 0.5) is 0 Å². The Labute approximate surface area is 86.9 Å². The Morgan fingerprint density at radius 2 is 2.36 bits per heavy atom. The van der Waals surface area contributed by atoms with Crippen molar-refractivity contribution < 1.29 is 4.74 Å². The number of hydrogen-bond donors (Lipinski definition) is 0. The lowest BCUT2D eigenvalue weighted by molar-refractivity contribution is 0.00329. The quantitative estimate of drug-likeness (QED) is 0.640. The van der Waals surface area contributed by atoms with Crippen LogP contribution < -0.4 is 0 Å². The minimum atomic E-state index is 0.321. The van der Waals surface area contributed by atoms with Gasteiger partial charge in [0.15, 0.2) is 0 Å². The monoisotopic (exact) mass is 195 g/mol. The second-order valence-electron chi connectivity index (χ2n) is 5.04. The van der Waals surface area contributed by atoms with E-state index < -0.39 is 0 Å². The standard InChI is InChI=1S/C12H21NO/c1-10(2)14-9-12-5-4-6-13(12)8-11(3)7-12/h10H,3-9H2,1-2H3/t12-/m1/s1. The third-order valence-corrected chi connectivity index (χ3v) is 3.42. The molecule has 0 amide bonds. The minimum absolute atomic E-state index is 0.321. The summed E-state index contributed by atoms with van der Waals surface area (Å²) in [6, 6.07) is 0. The Morgan fingerprint density at radius 1 is 1.57 bits per heavy atom. The van der Waals surface area contributed by atoms with Crippen LogP contribution >= 0.6 is 0 Å². The van der Waals surface area contributed by atoms with Gasteiger partial charge >= 0.3 is 0 Å². The Balaban J connectivity index is 2.01. The van der Waals surface area contributed by atoms with Gasteiger partial charge in [0, 0.05) is 12.1 Å². The number of fused-ring (bicyclic) bond motifs is 1. The Kier molecular flexibility index (Phi) is 2.67. The normalized spacial score (nSPS) is 32.9. The summed E-state index contributed by atoms with van der Waals surface area (Å²) in [5, 5.41) is 0. The van der Waals surface area contributed by atoms with Crippen LogP contribution in [0.15, 0.2) is 12.2 Å². The van der Waals surface area contributed by atoms with Crippen LogP contribution in [-0.2, 0) is 4.74 Å². The van der Waals surface area contributed by atoms with Gasteiger partial charge in [-0.05, 0) is 39.7 Å². The lowest BCUT2D eigenvalue weighted by Gasteiger charge is -2.32. The summed E-state index contributed by atoms with van der Waals surface area (Å²) < 4.78 is 5.80. The molecule has 0 aromatic heterocycles. The molecule has 0 bridgehead atoms. The van der Waals surface area contributed by atoms with Gasteiger partial charge in [-0.1, -0.05) is 12.2 Å². The predicted octanol–water partition coefficient (Wildman–Crippen LogP) is 2.21. The first-order valence-electron chi connectivity index (χ1n) is 5.66. The molecule has 80 valence electrons. The maximum Gasteiger partial charge on any atom is 0.0657 e. The fourth-order valence-corrected chi connectivity index (χ4v) is 2.77. The molecule has 2 nitrogen and oxygen atoms in total. The molecule has 2 heteroatoms. The molecule has 0 spiro atoms. The molecule has 1 atom stereocenters. The van der Waals surface area contributed by atoms with Gasteiger partial charge in [-0.25, -0.2) is 0 Å². The fourth-order valence-electron chi connectivity index (χ4n) is 2.77. The van der Waals surface area contributed by atoms with E-state index in [4.69, 9.17) is 4.74 Å². The summed E-state index contributed by atoms with van der Waals surface area (Å²) in [5.41, 5.74) is 1.71.